The van der Waals surface area contributed by atoms with Gasteiger partial charge in [-0.05, 0) is 6.07 Å². The maximum Gasteiger partial charge on any atom is 0.141 e. The lowest BCUT2D eigenvalue weighted by Crippen LogP contribution is -2.02. The van der Waals surface area contributed by atoms with Gasteiger partial charge in [0.25, 0.3) is 0 Å². The Bertz CT molecular complexity index is 201. The fourth-order valence-electron chi connectivity index (χ4n) is 0.684. The molecule has 0 fully saturated rings. The first-order valence-electron chi connectivity index (χ1n) is 3.11. The predicted molar refractivity (Wildman–Crippen MR) is 46.7 cm³/mol. The smallest absolute Gasteiger partial charge is 0.141 e. The van der Waals surface area contributed by atoms with Gasteiger partial charge in [-0.3, -0.25) is 4.98 Å². The second-order valence-corrected chi connectivity index (χ2v) is 2.83. The van der Waals surface area contributed by atoms with E-state index >= 15 is 0 Å². The number of nitrogens with zero attached hydrogens (tertiary/aromatic N) is 1. The second kappa shape index (κ2) is 3.70. The molecule has 0 bridgehead atoms. The lowest BCUT2D eigenvalue weighted by Gasteiger charge is -1.95. The van der Waals surface area contributed by atoms with E-state index in [-0.39, 0.29) is 8.81 Å². The van der Waals surface area contributed by atoms with E-state index in [1.165, 1.54) is 0 Å². The standard InChI is InChI=1S/C6H9BNOP/c7-5-1-2-6(4-10-9)8-3-5/h1-3,9-10H,4,7H2. The van der Waals surface area contributed by atoms with Crippen LogP contribution in [-0.2, 0) is 6.16 Å². The summed E-state index contributed by atoms with van der Waals surface area (Å²) in [5, 5.41) is 0. The minimum atomic E-state index is -0.0305. The molecule has 0 saturated heterocycles. The third-order valence-electron chi connectivity index (χ3n) is 1.23. The molecular formula is C6H9BNOP. The summed E-state index contributed by atoms with van der Waals surface area (Å²) in [6.07, 6.45) is 2.50. The first-order chi connectivity index (χ1) is 4.83. The van der Waals surface area contributed by atoms with Crippen molar-refractivity contribution in [1.29, 1.82) is 0 Å². The molecule has 1 atom stereocenters. The molecule has 1 unspecified atom stereocenters. The maximum atomic E-state index is 8.58. The fourth-order valence-corrected chi connectivity index (χ4v) is 1.06. The molecule has 0 amide bonds. The van der Waals surface area contributed by atoms with Crippen LogP contribution in [0.25, 0.3) is 0 Å². The molecule has 0 aliphatic carbocycles. The van der Waals surface area contributed by atoms with Crippen LogP contribution < -0.4 is 5.46 Å². The number of hydrogen-bond donors (Lipinski definition) is 1. The summed E-state index contributed by atoms with van der Waals surface area (Å²) in [6.45, 7) is 0. The van der Waals surface area contributed by atoms with Crippen LogP contribution in [-0.4, -0.2) is 17.7 Å². The highest BCUT2D eigenvalue weighted by Gasteiger charge is 1.90. The van der Waals surface area contributed by atoms with E-state index in [4.69, 9.17) is 4.89 Å². The molecule has 4 heteroatoms. The molecule has 52 valence electrons. The Morgan fingerprint density at radius 1 is 1.60 bits per heavy atom. The third-order valence-corrected chi connectivity index (χ3v) is 1.75. The lowest BCUT2D eigenvalue weighted by atomic mass is 9.99. The van der Waals surface area contributed by atoms with E-state index in [0.717, 1.165) is 11.2 Å². The Morgan fingerprint density at radius 3 is 2.90 bits per heavy atom. The van der Waals surface area contributed by atoms with Crippen molar-refractivity contribution in [3.63, 3.8) is 0 Å². The Labute approximate surface area is 63.0 Å². The van der Waals surface area contributed by atoms with Gasteiger partial charge in [-0.15, -0.1) is 0 Å². The Kier molecular flexibility index (Phi) is 2.85. The minimum absolute atomic E-state index is 0.0305. The maximum absolute atomic E-state index is 8.58. The van der Waals surface area contributed by atoms with Crippen molar-refractivity contribution in [1.82, 2.24) is 4.98 Å². The van der Waals surface area contributed by atoms with Crippen molar-refractivity contribution in [3.8, 4) is 0 Å². The molecule has 0 spiro atoms. The fraction of sp³-hybridized carbons (Fsp3) is 0.167. The summed E-state index contributed by atoms with van der Waals surface area (Å²) in [5.41, 5.74) is 2.12. The highest BCUT2D eigenvalue weighted by molar-refractivity contribution is 7.30. The van der Waals surface area contributed by atoms with Crippen molar-refractivity contribution < 1.29 is 4.89 Å². The van der Waals surface area contributed by atoms with E-state index in [1.807, 2.05) is 26.2 Å². The molecule has 0 aromatic carbocycles. The number of aromatic nitrogens is 1. The average molecular weight is 153 g/mol. The molecule has 0 aliphatic heterocycles. The Morgan fingerprint density at radius 2 is 2.40 bits per heavy atom. The van der Waals surface area contributed by atoms with Gasteiger partial charge in [0, 0.05) is 26.9 Å². The van der Waals surface area contributed by atoms with Gasteiger partial charge >= 0.3 is 0 Å². The van der Waals surface area contributed by atoms with Gasteiger partial charge in [0.1, 0.15) is 7.85 Å². The van der Waals surface area contributed by atoms with Crippen LogP contribution in [0.1, 0.15) is 5.69 Å². The topological polar surface area (TPSA) is 33.1 Å². The van der Waals surface area contributed by atoms with Crippen LogP contribution >= 0.6 is 8.81 Å². The summed E-state index contributed by atoms with van der Waals surface area (Å²) >= 11 is 0. The van der Waals surface area contributed by atoms with Crippen LogP contribution in [0.15, 0.2) is 18.3 Å². The predicted octanol–water partition coefficient (Wildman–Crippen LogP) is -0.574. The first-order valence-corrected chi connectivity index (χ1v) is 4.27. The Balaban J connectivity index is 2.69. The highest BCUT2D eigenvalue weighted by Crippen LogP contribution is 2.09. The molecule has 2 nitrogen and oxygen atoms in total. The summed E-state index contributed by atoms with van der Waals surface area (Å²) in [6, 6.07) is 3.95. The van der Waals surface area contributed by atoms with E-state index < -0.39 is 0 Å². The average Bonchev–Trinajstić information content (AvgIpc) is 1.95. The first kappa shape index (κ1) is 7.71. The van der Waals surface area contributed by atoms with Crippen molar-refractivity contribution in [2.75, 3.05) is 0 Å². The number of hydrogen-bond acceptors (Lipinski definition) is 2. The van der Waals surface area contributed by atoms with Gasteiger partial charge in [0.15, 0.2) is 0 Å². The summed E-state index contributed by atoms with van der Waals surface area (Å²) < 4.78 is 0. The zero-order valence-electron chi connectivity index (χ0n) is 5.83. The number of rotatable bonds is 2. The monoisotopic (exact) mass is 153 g/mol. The van der Waals surface area contributed by atoms with Gasteiger partial charge < -0.3 is 4.89 Å². The molecule has 0 saturated carbocycles. The summed E-state index contributed by atoms with van der Waals surface area (Å²) in [5.74, 6) is 0. The highest BCUT2D eigenvalue weighted by atomic mass is 31.1. The molecular weight excluding hydrogens is 144 g/mol. The Hall–Kier alpha value is -0.395. The normalized spacial score (nSPS) is 10.9. The lowest BCUT2D eigenvalue weighted by molar-refractivity contribution is 0.644. The second-order valence-electron chi connectivity index (χ2n) is 2.16. The zero-order chi connectivity index (χ0) is 7.40. The van der Waals surface area contributed by atoms with Crippen molar-refractivity contribution in [3.05, 3.63) is 24.0 Å². The van der Waals surface area contributed by atoms with E-state index in [9.17, 15) is 0 Å². The van der Waals surface area contributed by atoms with Crippen LogP contribution in [0.3, 0.4) is 0 Å². The van der Waals surface area contributed by atoms with Crippen molar-refractivity contribution >= 4 is 22.1 Å². The van der Waals surface area contributed by atoms with Crippen molar-refractivity contribution in [2.24, 2.45) is 0 Å². The quantitative estimate of drug-likeness (QED) is 0.455. The molecule has 0 radical (unpaired) electrons. The van der Waals surface area contributed by atoms with Crippen LogP contribution in [0.5, 0.6) is 0 Å². The van der Waals surface area contributed by atoms with Gasteiger partial charge in [-0.1, -0.05) is 11.5 Å². The minimum Gasteiger partial charge on any atom is -0.377 e. The van der Waals surface area contributed by atoms with Gasteiger partial charge in [-0.2, -0.15) is 0 Å². The molecule has 1 heterocycles. The molecule has 1 rings (SSSR count). The van der Waals surface area contributed by atoms with Crippen LogP contribution in [0.2, 0.25) is 0 Å². The van der Waals surface area contributed by atoms with Crippen LogP contribution in [0, 0.1) is 0 Å². The zero-order valence-corrected chi connectivity index (χ0v) is 6.83. The van der Waals surface area contributed by atoms with Gasteiger partial charge in [0.2, 0.25) is 0 Å². The largest absolute Gasteiger partial charge is 0.377 e. The molecule has 1 aromatic rings. The molecule has 1 N–H and O–H groups in total. The summed E-state index contributed by atoms with van der Waals surface area (Å²) in [4.78, 5) is 12.7. The SMILES string of the molecule is Bc1ccc(CPO)nc1. The molecule has 1 aromatic heterocycles. The van der Waals surface area contributed by atoms with Gasteiger partial charge in [-0.25, -0.2) is 0 Å². The number of pyridine rings is 1. The van der Waals surface area contributed by atoms with Crippen LogP contribution in [0.4, 0.5) is 0 Å². The van der Waals surface area contributed by atoms with Crippen molar-refractivity contribution in [2.45, 2.75) is 6.16 Å². The molecule has 10 heavy (non-hydrogen) atoms. The van der Waals surface area contributed by atoms with E-state index in [0.29, 0.717) is 6.16 Å². The molecule has 0 aliphatic rings. The van der Waals surface area contributed by atoms with E-state index in [1.54, 1.807) is 0 Å². The van der Waals surface area contributed by atoms with E-state index in [2.05, 4.69) is 4.98 Å². The summed E-state index contributed by atoms with van der Waals surface area (Å²) in [7, 11) is 1.97. The third kappa shape index (κ3) is 2.09. The van der Waals surface area contributed by atoms with Gasteiger partial charge in [0.05, 0.1) is 0 Å².